The van der Waals surface area contributed by atoms with Gasteiger partial charge in [-0.1, -0.05) is 0 Å². The predicted molar refractivity (Wildman–Crippen MR) is 51.3 cm³/mol. The summed E-state index contributed by atoms with van der Waals surface area (Å²) in [6, 6.07) is 0. The highest BCUT2D eigenvalue weighted by molar-refractivity contribution is 14.1. The van der Waals surface area contributed by atoms with Crippen molar-refractivity contribution in [1.82, 2.24) is 0 Å². The van der Waals surface area contributed by atoms with Crippen LogP contribution in [-0.4, -0.2) is 19.4 Å². The first-order valence-corrected chi connectivity index (χ1v) is 3.87. The van der Waals surface area contributed by atoms with E-state index in [4.69, 9.17) is 8.80 Å². The molecule has 0 aromatic heterocycles. The summed E-state index contributed by atoms with van der Waals surface area (Å²) >= 11 is 1.82. The van der Waals surface area contributed by atoms with Gasteiger partial charge >= 0.3 is 0 Å². The quantitative estimate of drug-likeness (QED) is 0.607. The Morgan fingerprint density at radius 2 is 2.50 bits per heavy atom. The fourth-order valence-corrected chi connectivity index (χ4v) is 0.760. The summed E-state index contributed by atoms with van der Waals surface area (Å²) in [5.74, 6) is 0. The molecule has 3 nitrogen and oxygen atoms in total. The second-order valence-electron chi connectivity index (χ2n) is 1.62. The third kappa shape index (κ3) is 4.75. The van der Waals surface area contributed by atoms with Crippen molar-refractivity contribution in [2.75, 3.05) is 13.2 Å². The molecule has 0 rings (SSSR count). The average Bonchev–Trinajstić information content (AvgIpc) is 1.98. The molecular weight excluding hydrogens is 243 g/mol. The van der Waals surface area contributed by atoms with Gasteiger partial charge in [0.05, 0.1) is 6.61 Å². The van der Waals surface area contributed by atoms with Crippen molar-refractivity contribution in [2.45, 2.75) is 6.92 Å². The van der Waals surface area contributed by atoms with E-state index >= 15 is 0 Å². The van der Waals surface area contributed by atoms with E-state index in [1.165, 1.54) is 6.20 Å². The minimum absolute atomic E-state index is 0.514. The summed E-state index contributed by atoms with van der Waals surface area (Å²) in [7, 11) is 0. The number of rotatable bonds is 4. The molecule has 0 atom stereocenters. The normalized spacial score (nSPS) is 12.8. The molecule has 0 aliphatic rings. The van der Waals surface area contributed by atoms with E-state index in [-0.39, 0.29) is 0 Å². The Kier molecular flexibility index (Phi) is 6.94. The maximum Gasteiger partial charge on any atom is 0.110 e. The van der Waals surface area contributed by atoms with Gasteiger partial charge in [0.15, 0.2) is 0 Å². The zero-order chi connectivity index (χ0) is 7.82. The lowest BCUT2D eigenvalue weighted by molar-refractivity contribution is 0.481. The summed E-state index contributed by atoms with van der Waals surface area (Å²) in [6.07, 6.45) is 3.22. The zero-order valence-corrected chi connectivity index (χ0v) is 8.04. The van der Waals surface area contributed by atoms with Gasteiger partial charge in [-0.25, -0.2) is 0 Å². The third-order valence-electron chi connectivity index (χ3n) is 0.875. The van der Waals surface area contributed by atoms with Gasteiger partial charge in [-0.3, -0.25) is 4.99 Å². The molecule has 0 unspecified atom stereocenters. The highest BCUT2D eigenvalue weighted by atomic mass is 127. The van der Waals surface area contributed by atoms with Crippen LogP contribution in [0.25, 0.3) is 0 Å². The molecule has 0 aliphatic carbocycles. The highest BCUT2D eigenvalue weighted by Crippen LogP contribution is 1.93. The van der Waals surface area contributed by atoms with Crippen LogP contribution in [0.1, 0.15) is 6.92 Å². The molecule has 0 radical (unpaired) electrons. The monoisotopic (exact) mass is 254 g/mol. The maximum absolute atomic E-state index is 5.26. The number of hydrogen-bond acceptors (Lipinski definition) is 3. The van der Waals surface area contributed by atoms with Crippen LogP contribution in [0.15, 0.2) is 16.8 Å². The lowest BCUT2D eigenvalue weighted by atomic mass is 10.3. The van der Waals surface area contributed by atoms with E-state index in [1.807, 2.05) is 29.9 Å². The Bertz CT molecular complexity index is 134. The first-order valence-electron chi connectivity index (χ1n) is 2.99. The van der Waals surface area contributed by atoms with Gasteiger partial charge in [0.25, 0.3) is 0 Å². The SMILES string of the molecule is CCN=CC(=CN)COI. The summed E-state index contributed by atoms with van der Waals surface area (Å²) in [4.78, 5) is 4.00. The number of hydrogen-bond donors (Lipinski definition) is 1. The van der Waals surface area contributed by atoms with E-state index < -0.39 is 0 Å². The van der Waals surface area contributed by atoms with Crippen LogP contribution in [0.5, 0.6) is 0 Å². The van der Waals surface area contributed by atoms with Crippen LogP contribution in [0.2, 0.25) is 0 Å². The fourth-order valence-electron chi connectivity index (χ4n) is 0.400. The fraction of sp³-hybridized carbons (Fsp3) is 0.500. The van der Waals surface area contributed by atoms with Crippen LogP contribution in [0.4, 0.5) is 0 Å². The molecule has 0 spiro atoms. The molecule has 0 aliphatic heterocycles. The van der Waals surface area contributed by atoms with Crippen LogP contribution in [-0.2, 0) is 3.07 Å². The molecule has 0 bridgehead atoms. The predicted octanol–water partition coefficient (Wildman–Crippen LogP) is 1.29. The second kappa shape index (κ2) is 7.01. The minimum Gasteiger partial charge on any atom is -0.404 e. The van der Waals surface area contributed by atoms with Gasteiger partial charge in [0.2, 0.25) is 0 Å². The van der Waals surface area contributed by atoms with Gasteiger partial charge in [-0.05, 0) is 6.92 Å². The standard InChI is InChI=1S/C6H11IN2O/c1-2-9-4-6(3-8)5-10-7/h3-4H,2,5,8H2,1H3. The van der Waals surface area contributed by atoms with E-state index in [9.17, 15) is 0 Å². The van der Waals surface area contributed by atoms with Crippen LogP contribution in [0.3, 0.4) is 0 Å². The van der Waals surface area contributed by atoms with Crippen LogP contribution < -0.4 is 5.73 Å². The molecule has 0 fully saturated rings. The van der Waals surface area contributed by atoms with E-state index in [2.05, 4.69) is 4.99 Å². The van der Waals surface area contributed by atoms with Crippen molar-refractivity contribution >= 4 is 29.2 Å². The van der Waals surface area contributed by atoms with Crippen molar-refractivity contribution in [2.24, 2.45) is 10.7 Å². The molecule has 0 saturated carbocycles. The molecule has 0 saturated heterocycles. The molecule has 58 valence electrons. The molecule has 10 heavy (non-hydrogen) atoms. The Balaban J connectivity index is 3.72. The topological polar surface area (TPSA) is 47.6 Å². The highest BCUT2D eigenvalue weighted by Gasteiger charge is 1.88. The molecule has 2 N–H and O–H groups in total. The largest absolute Gasteiger partial charge is 0.404 e. The Morgan fingerprint density at radius 1 is 1.80 bits per heavy atom. The van der Waals surface area contributed by atoms with Crippen LogP contribution >= 0.6 is 23.0 Å². The first kappa shape index (κ1) is 9.90. The maximum atomic E-state index is 5.26. The Hall–Kier alpha value is -0.100. The van der Waals surface area contributed by atoms with Gasteiger partial charge < -0.3 is 8.80 Å². The summed E-state index contributed by atoms with van der Waals surface area (Å²) in [5.41, 5.74) is 6.16. The third-order valence-corrected chi connectivity index (χ3v) is 1.19. The molecule has 0 heterocycles. The molecule has 0 aromatic rings. The number of halogens is 1. The van der Waals surface area contributed by atoms with Crippen LogP contribution in [0, 0.1) is 0 Å². The van der Waals surface area contributed by atoms with E-state index in [0.29, 0.717) is 6.61 Å². The molecular formula is C6H11IN2O. The lowest BCUT2D eigenvalue weighted by Crippen LogP contribution is -1.96. The van der Waals surface area contributed by atoms with Crippen molar-refractivity contribution in [1.29, 1.82) is 0 Å². The first-order chi connectivity index (χ1) is 4.85. The van der Waals surface area contributed by atoms with Gasteiger partial charge in [-0.15, -0.1) is 0 Å². The number of nitrogens with zero attached hydrogens (tertiary/aromatic N) is 1. The summed E-state index contributed by atoms with van der Waals surface area (Å²) in [6.45, 7) is 3.26. The molecule has 4 heteroatoms. The lowest BCUT2D eigenvalue weighted by Gasteiger charge is -1.94. The number of aliphatic imine (C=N–C) groups is 1. The molecule has 0 amide bonds. The van der Waals surface area contributed by atoms with Crippen molar-refractivity contribution < 1.29 is 3.07 Å². The zero-order valence-electron chi connectivity index (χ0n) is 5.88. The van der Waals surface area contributed by atoms with E-state index in [0.717, 1.165) is 12.1 Å². The summed E-state index contributed by atoms with van der Waals surface area (Å²) < 4.78 is 4.82. The van der Waals surface area contributed by atoms with Gasteiger partial charge in [0.1, 0.15) is 23.0 Å². The van der Waals surface area contributed by atoms with Crippen molar-refractivity contribution in [3.05, 3.63) is 11.8 Å². The Morgan fingerprint density at radius 3 is 2.90 bits per heavy atom. The number of nitrogens with two attached hydrogens (primary N) is 1. The van der Waals surface area contributed by atoms with Gasteiger partial charge in [0, 0.05) is 24.5 Å². The Labute approximate surface area is 75.0 Å². The minimum atomic E-state index is 0.514. The van der Waals surface area contributed by atoms with Crippen molar-refractivity contribution in [3.63, 3.8) is 0 Å². The smallest absolute Gasteiger partial charge is 0.110 e. The average molecular weight is 254 g/mol. The summed E-state index contributed by atoms with van der Waals surface area (Å²) in [5, 5.41) is 0. The van der Waals surface area contributed by atoms with E-state index in [1.54, 1.807) is 6.21 Å². The second-order valence-corrected chi connectivity index (χ2v) is 2.25. The van der Waals surface area contributed by atoms with Gasteiger partial charge in [-0.2, -0.15) is 0 Å². The molecule has 0 aromatic carbocycles. The van der Waals surface area contributed by atoms with Crippen molar-refractivity contribution in [3.8, 4) is 0 Å².